The molecule has 1 saturated heterocycles. The Kier molecular flexibility index (Phi) is 5.29. The van der Waals surface area contributed by atoms with E-state index >= 15 is 0 Å². The molecule has 6 heteroatoms. The van der Waals surface area contributed by atoms with E-state index < -0.39 is 0 Å². The second kappa shape index (κ2) is 7.86. The summed E-state index contributed by atoms with van der Waals surface area (Å²) in [6.45, 7) is 6.20. The largest absolute Gasteiger partial charge is 0.354 e. The van der Waals surface area contributed by atoms with Gasteiger partial charge in [-0.25, -0.2) is 14.4 Å². The maximum absolute atomic E-state index is 13.2. The Balaban J connectivity index is 1.56. The maximum atomic E-state index is 13.2. The molecule has 1 amide bonds. The van der Waals surface area contributed by atoms with E-state index in [2.05, 4.69) is 34.8 Å². The van der Waals surface area contributed by atoms with Gasteiger partial charge in [0.25, 0.3) is 0 Å². The van der Waals surface area contributed by atoms with Gasteiger partial charge in [-0.3, -0.25) is 4.79 Å². The summed E-state index contributed by atoms with van der Waals surface area (Å²) in [7, 11) is 0. The summed E-state index contributed by atoms with van der Waals surface area (Å²) in [6, 6.07) is 8.59. The fourth-order valence-electron chi connectivity index (χ4n) is 3.88. The quantitative estimate of drug-likeness (QED) is 0.790. The van der Waals surface area contributed by atoms with Gasteiger partial charge in [-0.05, 0) is 36.5 Å². The summed E-state index contributed by atoms with van der Waals surface area (Å²) in [5.74, 6) is 1.68. The Morgan fingerprint density at radius 1 is 1.18 bits per heavy atom. The predicted molar refractivity (Wildman–Crippen MR) is 106 cm³/mol. The molecule has 2 heterocycles. The molecule has 1 aromatic heterocycles. The van der Waals surface area contributed by atoms with Crippen molar-refractivity contribution >= 4 is 11.7 Å². The van der Waals surface area contributed by atoms with Crippen LogP contribution in [0.5, 0.6) is 0 Å². The molecule has 1 saturated carbocycles. The van der Waals surface area contributed by atoms with Crippen molar-refractivity contribution in [2.45, 2.75) is 51.6 Å². The van der Waals surface area contributed by atoms with Crippen molar-refractivity contribution in [3.63, 3.8) is 0 Å². The molecule has 5 nitrogen and oxygen atoms in total. The van der Waals surface area contributed by atoms with Gasteiger partial charge in [0, 0.05) is 43.7 Å². The number of nitrogens with zero attached hydrogens (tertiary/aromatic N) is 4. The van der Waals surface area contributed by atoms with Gasteiger partial charge in [-0.2, -0.15) is 0 Å². The number of carbonyl (C=O) groups is 1. The standard InChI is InChI=1S/C22H27FN4O/c1-15(2)20-13-26(21-11-19(17-5-6-17)24-14-25-21)10-9-22(28)27(20)12-16-3-7-18(23)8-4-16/h3-4,7-8,11,14-15,17,20H,5-6,9-10,12-13H2,1-2H3/t20-/m1/s1. The predicted octanol–water partition coefficient (Wildman–Crippen LogP) is 3.76. The molecule has 4 rings (SSSR count). The molecule has 2 fully saturated rings. The summed E-state index contributed by atoms with van der Waals surface area (Å²) in [4.78, 5) is 26.1. The van der Waals surface area contributed by atoms with E-state index in [9.17, 15) is 9.18 Å². The smallest absolute Gasteiger partial charge is 0.224 e. The van der Waals surface area contributed by atoms with Crippen LogP contribution in [0.25, 0.3) is 0 Å². The summed E-state index contributed by atoms with van der Waals surface area (Å²) < 4.78 is 13.2. The zero-order valence-corrected chi connectivity index (χ0v) is 16.5. The molecule has 28 heavy (non-hydrogen) atoms. The van der Waals surface area contributed by atoms with Crippen molar-refractivity contribution in [2.75, 3.05) is 18.0 Å². The van der Waals surface area contributed by atoms with E-state index in [1.165, 1.54) is 25.0 Å². The number of anilines is 1. The van der Waals surface area contributed by atoms with Gasteiger partial charge in [0.05, 0.1) is 6.04 Å². The van der Waals surface area contributed by atoms with Crippen molar-refractivity contribution in [1.29, 1.82) is 0 Å². The third kappa shape index (κ3) is 4.16. The number of amides is 1. The van der Waals surface area contributed by atoms with Gasteiger partial charge < -0.3 is 9.80 Å². The average Bonchev–Trinajstić information content (AvgIpc) is 3.53. The molecule has 0 radical (unpaired) electrons. The lowest BCUT2D eigenvalue weighted by Crippen LogP contribution is -2.46. The summed E-state index contributed by atoms with van der Waals surface area (Å²) in [5, 5.41) is 0. The minimum absolute atomic E-state index is 0.0689. The van der Waals surface area contributed by atoms with E-state index in [1.807, 2.05) is 4.90 Å². The van der Waals surface area contributed by atoms with Crippen molar-refractivity contribution in [2.24, 2.45) is 5.92 Å². The lowest BCUT2D eigenvalue weighted by molar-refractivity contribution is -0.134. The first-order valence-electron chi connectivity index (χ1n) is 10.1. The van der Waals surface area contributed by atoms with E-state index in [0.717, 1.165) is 23.6 Å². The van der Waals surface area contributed by atoms with Crippen LogP contribution in [-0.4, -0.2) is 39.9 Å². The van der Waals surface area contributed by atoms with Crippen LogP contribution in [0, 0.1) is 11.7 Å². The van der Waals surface area contributed by atoms with Gasteiger partial charge in [-0.15, -0.1) is 0 Å². The average molecular weight is 382 g/mol. The number of carbonyl (C=O) groups excluding carboxylic acids is 1. The van der Waals surface area contributed by atoms with Crippen molar-refractivity contribution in [1.82, 2.24) is 14.9 Å². The number of benzene rings is 1. The molecule has 1 aromatic carbocycles. The minimum Gasteiger partial charge on any atom is -0.354 e. The number of rotatable bonds is 5. The highest BCUT2D eigenvalue weighted by atomic mass is 19.1. The van der Waals surface area contributed by atoms with Gasteiger partial charge in [0.15, 0.2) is 0 Å². The van der Waals surface area contributed by atoms with Crippen LogP contribution in [0.2, 0.25) is 0 Å². The van der Waals surface area contributed by atoms with Crippen LogP contribution < -0.4 is 4.90 Å². The lowest BCUT2D eigenvalue weighted by Gasteiger charge is -2.35. The lowest BCUT2D eigenvalue weighted by atomic mass is 10.0. The Morgan fingerprint density at radius 2 is 1.93 bits per heavy atom. The van der Waals surface area contributed by atoms with Crippen LogP contribution in [0.4, 0.5) is 10.2 Å². The van der Waals surface area contributed by atoms with Crippen molar-refractivity contribution in [3.8, 4) is 0 Å². The second-order valence-corrected chi connectivity index (χ2v) is 8.23. The van der Waals surface area contributed by atoms with E-state index in [4.69, 9.17) is 0 Å². The molecule has 1 atom stereocenters. The molecule has 1 aliphatic carbocycles. The summed E-state index contributed by atoms with van der Waals surface area (Å²) in [6.07, 6.45) is 4.51. The Morgan fingerprint density at radius 3 is 2.61 bits per heavy atom. The highest BCUT2D eigenvalue weighted by molar-refractivity contribution is 5.78. The molecule has 1 aliphatic heterocycles. The minimum atomic E-state index is -0.257. The zero-order valence-electron chi connectivity index (χ0n) is 16.5. The number of hydrogen-bond acceptors (Lipinski definition) is 4. The fourth-order valence-corrected chi connectivity index (χ4v) is 3.88. The second-order valence-electron chi connectivity index (χ2n) is 8.23. The monoisotopic (exact) mass is 382 g/mol. The van der Waals surface area contributed by atoms with Crippen LogP contribution in [-0.2, 0) is 11.3 Å². The molecule has 2 aliphatic rings. The number of hydrogen-bond donors (Lipinski definition) is 0. The number of halogens is 1. The molecule has 148 valence electrons. The zero-order chi connectivity index (χ0) is 19.7. The number of aromatic nitrogens is 2. The Hall–Kier alpha value is -2.50. The van der Waals surface area contributed by atoms with Crippen LogP contribution in [0.3, 0.4) is 0 Å². The highest BCUT2D eigenvalue weighted by Gasteiger charge is 2.33. The van der Waals surface area contributed by atoms with Crippen molar-refractivity contribution < 1.29 is 9.18 Å². The van der Waals surface area contributed by atoms with Gasteiger partial charge in [0.2, 0.25) is 5.91 Å². The highest BCUT2D eigenvalue weighted by Crippen LogP contribution is 2.39. The molecule has 0 N–H and O–H groups in total. The SMILES string of the molecule is CC(C)[C@H]1CN(c2cc(C3CC3)ncn2)CCC(=O)N1Cc1ccc(F)cc1. The molecule has 0 spiro atoms. The molecule has 2 aromatic rings. The Bertz CT molecular complexity index is 835. The third-order valence-corrected chi connectivity index (χ3v) is 5.75. The third-order valence-electron chi connectivity index (χ3n) is 5.75. The normalized spacial score (nSPS) is 20.6. The van der Waals surface area contributed by atoms with Crippen LogP contribution in [0.15, 0.2) is 36.7 Å². The first-order chi connectivity index (χ1) is 13.5. The van der Waals surface area contributed by atoms with E-state index in [-0.39, 0.29) is 17.8 Å². The van der Waals surface area contributed by atoms with E-state index in [0.29, 0.717) is 31.3 Å². The summed E-state index contributed by atoms with van der Waals surface area (Å²) in [5.41, 5.74) is 2.07. The molecule has 0 bridgehead atoms. The molecule has 0 unspecified atom stereocenters. The van der Waals surface area contributed by atoms with Crippen molar-refractivity contribution in [3.05, 3.63) is 53.7 Å². The van der Waals surface area contributed by atoms with E-state index in [1.54, 1.807) is 18.5 Å². The fraction of sp³-hybridized carbons (Fsp3) is 0.500. The molecular weight excluding hydrogens is 355 g/mol. The van der Waals surface area contributed by atoms with Gasteiger partial charge in [-0.1, -0.05) is 26.0 Å². The van der Waals surface area contributed by atoms with Gasteiger partial charge in [0.1, 0.15) is 18.0 Å². The van der Waals surface area contributed by atoms with Gasteiger partial charge >= 0.3 is 0 Å². The maximum Gasteiger partial charge on any atom is 0.224 e. The first-order valence-corrected chi connectivity index (χ1v) is 10.1. The molecular formula is C22H27FN4O. The first kappa shape index (κ1) is 18.8. The van der Waals surface area contributed by atoms with Crippen LogP contribution in [0.1, 0.15) is 50.3 Å². The summed E-state index contributed by atoms with van der Waals surface area (Å²) >= 11 is 0. The Labute approximate surface area is 165 Å². The van der Waals surface area contributed by atoms with Crippen LogP contribution >= 0.6 is 0 Å². The topological polar surface area (TPSA) is 49.3 Å².